The molecule has 0 bridgehead atoms. The molecule has 7 nitrogen and oxygen atoms in total. The van der Waals surface area contributed by atoms with E-state index in [-0.39, 0.29) is 11.7 Å². The first-order valence-electron chi connectivity index (χ1n) is 6.51. The number of nitrogens with zero attached hydrogens (tertiary/aromatic N) is 4. The van der Waals surface area contributed by atoms with Gasteiger partial charge in [-0.05, 0) is 19.2 Å². The number of para-hydroxylation sites is 1. The molecule has 1 saturated heterocycles. The summed E-state index contributed by atoms with van der Waals surface area (Å²) in [4.78, 5) is 13.5. The summed E-state index contributed by atoms with van der Waals surface area (Å²) >= 11 is 0. The number of hydrogen-bond acceptors (Lipinski definition) is 5. The van der Waals surface area contributed by atoms with E-state index in [0.29, 0.717) is 24.2 Å². The molecule has 1 aromatic heterocycles. The molecule has 1 unspecified atom stereocenters. The second kappa shape index (κ2) is 5.18. The number of carbonyl (C=O) groups is 1. The third-order valence-corrected chi connectivity index (χ3v) is 3.48. The maximum Gasteiger partial charge on any atom is 0.337 e. The minimum Gasteiger partial charge on any atom is -0.478 e. The first kappa shape index (κ1) is 13.0. The fourth-order valence-electron chi connectivity index (χ4n) is 2.50. The van der Waals surface area contributed by atoms with E-state index >= 15 is 0 Å². The Balaban J connectivity index is 1.93. The molecular weight excluding hydrogens is 260 g/mol. The molecule has 0 saturated carbocycles. The molecule has 1 aromatic carbocycles. The quantitative estimate of drug-likeness (QED) is 0.877. The topological polar surface area (TPSA) is 80.5 Å². The van der Waals surface area contributed by atoms with Crippen LogP contribution in [-0.4, -0.2) is 63.8 Å². The predicted molar refractivity (Wildman–Crippen MR) is 71.7 cm³/mol. The third kappa shape index (κ3) is 2.37. The van der Waals surface area contributed by atoms with Gasteiger partial charge in [0.15, 0.2) is 0 Å². The normalized spacial score (nSPS) is 20.4. The van der Waals surface area contributed by atoms with Crippen LogP contribution in [0.4, 0.5) is 0 Å². The van der Waals surface area contributed by atoms with E-state index in [1.807, 2.05) is 7.05 Å². The molecule has 1 fully saturated rings. The largest absolute Gasteiger partial charge is 0.478 e. The van der Waals surface area contributed by atoms with Gasteiger partial charge < -0.3 is 14.7 Å². The van der Waals surface area contributed by atoms with Crippen molar-refractivity contribution in [1.29, 1.82) is 0 Å². The number of likely N-dealkylation sites (N-methyl/N-ethyl adjacent to an activating group) is 1. The Kier molecular flexibility index (Phi) is 3.37. The second-order valence-electron chi connectivity index (χ2n) is 5.01. The zero-order chi connectivity index (χ0) is 14.1. The van der Waals surface area contributed by atoms with Gasteiger partial charge in [-0.3, -0.25) is 0 Å². The summed E-state index contributed by atoms with van der Waals surface area (Å²) in [5.74, 6) is -0.971. The van der Waals surface area contributed by atoms with Crippen LogP contribution in [0.25, 0.3) is 11.0 Å². The van der Waals surface area contributed by atoms with Crippen molar-refractivity contribution in [3.63, 3.8) is 0 Å². The highest BCUT2D eigenvalue weighted by Gasteiger charge is 2.21. The zero-order valence-electron chi connectivity index (χ0n) is 11.2. The molecule has 1 N–H and O–H groups in total. The molecule has 0 radical (unpaired) electrons. The Bertz CT molecular complexity index is 640. The number of hydrogen-bond donors (Lipinski definition) is 1. The molecule has 2 aromatic rings. The van der Waals surface area contributed by atoms with Crippen LogP contribution >= 0.6 is 0 Å². The van der Waals surface area contributed by atoms with Crippen LogP contribution < -0.4 is 0 Å². The van der Waals surface area contributed by atoms with Crippen LogP contribution in [-0.2, 0) is 11.3 Å². The molecule has 0 aliphatic carbocycles. The molecule has 0 amide bonds. The summed E-state index contributed by atoms with van der Waals surface area (Å²) in [7, 11) is 2.04. The molecule has 1 atom stereocenters. The molecule has 1 aliphatic rings. The van der Waals surface area contributed by atoms with Gasteiger partial charge in [0.1, 0.15) is 11.0 Å². The smallest absolute Gasteiger partial charge is 0.337 e. The molecule has 0 spiro atoms. The number of aromatic carboxylic acids is 1. The van der Waals surface area contributed by atoms with Crippen molar-refractivity contribution < 1.29 is 14.6 Å². The van der Waals surface area contributed by atoms with Crippen molar-refractivity contribution in [1.82, 2.24) is 19.9 Å². The third-order valence-electron chi connectivity index (χ3n) is 3.48. The van der Waals surface area contributed by atoms with Crippen LogP contribution in [0, 0.1) is 0 Å². The monoisotopic (exact) mass is 276 g/mol. The van der Waals surface area contributed by atoms with Crippen LogP contribution in [0.15, 0.2) is 18.2 Å². The summed E-state index contributed by atoms with van der Waals surface area (Å²) in [5, 5.41) is 17.4. The number of ether oxygens (including phenoxy) is 1. The number of aromatic nitrogens is 3. The highest BCUT2D eigenvalue weighted by molar-refractivity contribution is 6.00. The fourth-order valence-corrected chi connectivity index (χ4v) is 2.50. The van der Waals surface area contributed by atoms with Crippen molar-refractivity contribution in [2.24, 2.45) is 0 Å². The Morgan fingerprint density at radius 3 is 3.15 bits per heavy atom. The van der Waals surface area contributed by atoms with Crippen LogP contribution in [0.5, 0.6) is 0 Å². The van der Waals surface area contributed by atoms with Gasteiger partial charge in [0, 0.05) is 13.1 Å². The molecule has 106 valence electrons. The lowest BCUT2D eigenvalue weighted by molar-refractivity contribution is -0.0287. The van der Waals surface area contributed by atoms with Gasteiger partial charge >= 0.3 is 5.97 Å². The van der Waals surface area contributed by atoms with Crippen LogP contribution in [0.3, 0.4) is 0 Å². The molecule has 7 heteroatoms. The second-order valence-corrected chi connectivity index (χ2v) is 5.01. The molecule has 2 heterocycles. The lowest BCUT2D eigenvalue weighted by Gasteiger charge is -2.29. The summed E-state index contributed by atoms with van der Waals surface area (Å²) in [6.45, 7) is 2.90. The number of rotatable bonds is 3. The number of fused-ring (bicyclic) bond motifs is 1. The Labute approximate surface area is 115 Å². The van der Waals surface area contributed by atoms with E-state index in [9.17, 15) is 9.90 Å². The van der Waals surface area contributed by atoms with E-state index in [2.05, 4.69) is 15.2 Å². The minimum atomic E-state index is -0.971. The van der Waals surface area contributed by atoms with E-state index in [1.54, 1.807) is 22.9 Å². The molecule has 20 heavy (non-hydrogen) atoms. The van der Waals surface area contributed by atoms with Crippen molar-refractivity contribution in [2.45, 2.75) is 12.6 Å². The maximum atomic E-state index is 11.3. The van der Waals surface area contributed by atoms with Gasteiger partial charge in [0.2, 0.25) is 0 Å². The molecule has 1 aliphatic heterocycles. The minimum absolute atomic E-state index is 0.000464. The molecule has 3 rings (SSSR count). The van der Waals surface area contributed by atoms with Crippen LogP contribution in [0.2, 0.25) is 0 Å². The highest BCUT2D eigenvalue weighted by atomic mass is 16.5. The fraction of sp³-hybridized carbons (Fsp3) is 0.462. The standard InChI is InChI=1S/C13H16N4O3/c1-16-5-6-20-9(7-16)8-17-12-10(13(18)19)3-2-4-11(12)14-15-17/h2-4,9H,5-8H2,1H3,(H,18,19). The predicted octanol–water partition coefficient (Wildman–Crippen LogP) is 0.460. The van der Waals surface area contributed by atoms with Crippen molar-refractivity contribution in [3.05, 3.63) is 23.8 Å². The van der Waals surface area contributed by atoms with Gasteiger partial charge in [-0.15, -0.1) is 5.10 Å². The number of morpholine rings is 1. The lowest BCUT2D eigenvalue weighted by Crippen LogP contribution is -2.42. The van der Waals surface area contributed by atoms with Crippen molar-refractivity contribution in [2.75, 3.05) is 26.7 Å². The van der Waals surface area contributed by atoms with E-state index in [4.69, 9.17) is 4.74 Å². The van der Waals surface area contributed by atoms with E-state index in [1.165, 1.54) is 0 Å². The average Bonchev–Trinajstić information content (AvgIpc) is 2.82. The lowest BCUT2D eigenvalue weighted by atomic mass is 10.2. The maximum absolute atomic E-state index is 11.3. The summed E-state index contributed by atoms with van der Waals surface area (Å²) in [5.41, 5.74) is 1.36. The summed E-state index contributed by atoms with van der Waals surface area (Å²) in [6, 6.07) is 5.01. The number of benzene rings is 1. The van der Waals surface area contributed by atoms with Gasteiger partial charge in [-0.2, -0.15) is 0 Å². The number of carboxylic acid groups (broad SMARTS) is 1. The first-order chi connectivity index (χ1) is 9.65. The Hall–Kier alpha value is -1.99. The van der Waals surface area contributed by atoms with Crippen molar-refractivity contribution in [3.8, 4) is 0 Å². The van der Waals surface area contributed by atoms with Gasteiger partial charge in [0.25, 0.3) is 0 Å². The van der Waals surface area contributed by atoms with Crippen molar-refractivity contribution >= 4 is 17.0 Å². The SMILES string of the molecule is CN1CCOC(Cn2nnc3cccc(C(=O)O)c32)C1. The van der Waals surface area contributed by atoms with E-state index in [0.717, 1.165) is 13.1 Å². The van der Waals surface area contributed by atoms with Gasteiger partial charge in [-0.1, -0.05) is 11.3 Å². The molecular formula is C13H16N4O3. The van der Waals surface area contributed by atoms with E-state index < -0.39 is 5.97 Å². The van der Waals surface area contributed by atoms with Gasteiger partial charge in [-0.25, -0.2) is 9.48 Å². The summed E-state index contributed by atoms with van der Waals surface area (Å²) in [6.07, 6.45) is 0.000464. The summed E-state index contributed by atoms with van der Waals surface area (Å²) < 4.78 is 7.32. The average molecular weight is 276 g/mol. The first-order valence-corrected chi connectivity index (χ1v) is 6.51. The highest BCUT2D eigenvalue weighted by Crippen LogP contribution is 2.18. The van der Waals surface area contributed by atoms with Crippen LogP contribution in [0.1, 0.15) is 10.4 Å². The Morgan fingerprint density at radius 2 is 2.40 bits per heavy atom. The zero-order valence-corrected chi connectivity index (χ0v) is 11.2. The number of carboxylic acids is 1. The van der Waals surface area contributed by atoms with Gasteiger partial charge in [0.05, 0.1) is 24.8 Å². The Morgan fingerprint density at radius 1 is 1.55 bits per heavy atom.